The third-order valence-electron chi connectivity index (χ3n) is 2.33. The first-order valence-electron chi connectivity index (χ1n) is 5.20. The van der Waals surface area contributed by atoms with E-state index in [1.54, 1.807) is 0 Å². The Morgan fingerprint density at radius 3 is 2.64 bits per heavy atom. The van der Waals surface area contributed by atoms with Gasteiger partial charge in [-0.1, -0.05) is 25.1 Å². The van der Waals surface area contributed by atoms with Crippen molar-refractivity contribution in [2.24, 2.45) is 5.73 Å². The molecule has 1 rings (SSSR count). The molecule has 0 amide bonds. The zero-order chi connectivity index (χ0) is 10.4. The lowest BCUT2D eigenvalue weighted by Gasteiger charge is -2.18. The molecule has 78 valence electrons. The summed E-state index contributed by atoms with van der Waals surface area (Å²) in [6, 6.07) is 8.09. The fourth-order valence-corrected chi connectivity index (χ4v) is 1.40. The van der Waals surface area contributed by atoms with E-state index in [0.717, 1.165) is 18.6 Å². The van der Waals surface area contributed by atoms with Gasteiger partial charge in [0.2, 0.25) is 0 Å². The molecule has 2 heteroatoms. The summed E-state index contributed by atoms with van der Waals surface area (Å²) in [5.74, 6) is 0.979. The zero-order valence-electron chi connectivity index (χ0n) is 8.99. The quantitative estimate of drug-likeness (QED) is 0.779. The molecule has 0 aliphatic rings. The molecule has 0 fully saturated rings. The van der Waals surface area contributed by atoms with Gasteiger partial charge in [-0.2, -0.15) is 0 Å². The minimum atomic E-state index is 0.251. The van der Waals surface area contributed by atoms with Crippen molar-refractivity contribution in [2.75, 3.05) is 6.54 Å². The summed E-state index contributed by atoms with van der Waals surface area (Å²) < 4.78 is 5.85. The van der Waals surface area contributed by atoms with Crippen LogP contribution in [0.1, 0.15) is 25.3 Å². The van der Waals surface area contributed by atoms with E-state index in [0.29, 0.717) is 6.54 Å². The number of para-hydroxylation sites is 1. The third-order valence-corrected chi connectivity index (χ3v) is 2.33. The maximum Gasteiger partial charge on any atom is 0.122 e. The molecule has 0 radical (unpaired) electrons. The van der Waals surface area contributed by atoms with Gasteiger partial charge in [-0.05, 0) is 37.9 Å². The van der Waals surface area contributed by atoms with Crippen LogP contribution in [-0.4, -0.2) is 12.6 Å². The van der Waals surface area contributed by atoms with Gasteiger partial charge in [0.1, 0.15) is 5.75 Å². The first kappa shape index (κ1) is 11.1. The van der Waals surface area contributed by atoms with Crippen molar-refractivity contribution >= 4 is 0 Å². The topological polar surface area (TPSA) is 35.2 Å². The Bertz CT molecular complexity index is 273. The highest BCUT2D eigenvalue weighted by Crippen LogP contribution is 2.19. The second-order valence-electron chi connectivity index (χ2n) is 3.49. The number of benzene rings is 1. The Labute approximate surface area is 86.1 Å². The van der Waals surface area contributed by atoms with Gasteiger partial charge in [-0.3, -0.25) is 0 Å². The second kappa shape index (κ2) is 5.66. The minimum absolute atomic E-state index is 0.251. The largest absolute Gasteiger partial charge is 0.490 e. The van der Waals surface area contributed by atoms with Crippen molar-refractivity contribution in [1.29, 1.82) is 0 Å². The lowest BCUT2D eigenvalue weighted by molar-refractivity contribution is 0.188. The number of hydrogen-bond acceptors (Lipinski definition) is 2. The Hall–Kier alpha value is -1.02. The van der Waals surface area contributed by atoms with Gasteiger partial charge in [0, 0.05) is 0 Å². The van der Waals surface area contributed by atoms with Crippen molar-refractivity contribution in [2.45, 2.75) is 32.8 Å². The van der Waals surface area contributed by atoms with E-state index in [1.165, 1.54) is 5.56 Å². The predicted octanol–water partition coefficient (Wildman–Crippen LogP) is 2.50. The summed E-state index contributed by atoms with van der Waals surface area (Å²) >= 11 is 0. The van der Waals surface area contributed by atoms with Crippen molar-refractivity contribution in [3.05, 3.63) is 29.8 Å². The fourth-order valence-electron chi connectivity index (χ4n) is 1.40. The lowest BCUT2D eigenvalue weighted by atomic mass is 10.2. The molecule has 0 spiro atoms. The Kier molecular flexibility index (Phi) is 4.47. The Balaban J connectivity index is 2.62. The van der Waals surface area contributed by atoms with E-state index in [9.17, 15) is 0 Å². The van der Waals surface area contributed by atoms with Gasteiger partial charge in [0.25, 0.3) is 0 Å². The van der Waals surface area contributed by atoms with Gasteiger partial charge in [-0.15, -0.1) is 0 Å². The lowest BCUT2D eigenvalue weighted by Crippen LogP contribution is -2.20. The standard InChI is InChI=1S/C12H19NO/c1-3-11(8-9-13)14-12-7-5-4-6-10(12)2/h4-7,11H,3,8-9,13H2,1-2H3. The van der Waals surface area contributed by atoms with E-state index in [2.05, 4.69) is 19.9 Å². The third kappa shape index (κ3) is 3.04. The highest BCUT2D eigenvalue weighted by molar-refractivity contribution is 5.31. The molecule has 0 aromatic heterocycles. The fraction of sp³-hybridized carbons (Fsp3) is 0.500. The number of aryl methyl sites for hydroxylation is 1. The maximum absolute atomic E-state index is 5.85. The number of hydrogen-bond donors (Lipinski definition) is 1. The van der Waals surface area contributed by atoms with E-state index in [-0.39, 0.29) is 6.10 Å². The molecule has 2 N–H and O–H groups in total. The highest BCUT2D eigenvalue weighted by Gasteiger charge is 2.07. The molecule has 1 aromatic carbocycles. The maximum atomic E-state index is 5.85. The van der Waals surface area contributed by atoms with Crippen molar-refractivity contribution in [3.8, 4) is 5.75 Å². The molecule has 0 saturated heterocycles. The molecule has 2 nitrogen and oxygen atoms in total. The summed E-state index contributed by atoms with van der Waals surface area (Å²) in [5, 5.41) is 0. The van der Waals surface area contributed by atoms with Crippen LogP contribution in [0.15, 0.2) is 24.3 Å². The molecule has 0 heterocycles. The average molecular weight is 193 g/mol. The van der Waals surface area contributed by atoms with Gasteiger partial charge in [0.15, 0.2) is 0 Å². The number of rotatable bonds is 5. The monoisotopic (exact) mass is 193 g/mol. The zero-order valence-corrected chi connectivity index (χ0v) is 8.99. The van der Waals surface area contributed by atoms with Crippen LogP contribution in [0.4, 0.5) is 0 Å². The molecule has 1 aromatic rings. The molecular formula is C12H19NO. The molecule has 0 bridgehead atoms. The molecule has 1 atom stereocenters. The van der Waals surface area contributed by atoms with Crippen LogP contribution in [0.5, 0.6) is 5.75 Å². The van der Waals surface area contributed by atoms with Crippen molar-refractivity contribution in [1.82, 2.24) is 0 Å². The molecule has 1 unspecified atom stereocenters. The van der Waals surface area contributed by atoms with Crippen LogP contribution in [0.3, 0.4) is 0 Å². The number of nitrogens with two attached hydrogens (primary N) is 1. The summed E-state index contributed by atoms with van der Waals surface area (Å²) in [7, 11) is 0. The van der Waals surface area contributed by atoms with Gasteiger partial charge in [0.05, 0.1) is 6.10 Å². The molecule has 0 aliphatic heterocycles. The predicted molar refractivity (Wildman–Crippen MR) is 59.6 cm³/mol. The Morgan fingerprint density at radius 1 is 1.36 bits per heavy atom. The van der Waals surface area contributed by atoms with Gasteiger partial charge in [-0.25, -0.2) is 0 Å². The molecular weight excluding hydrogens is 174 g/mol. The van der Waals surface area contributed by atoms with Crippen molar-refractivity contribution in [3.63, 3.8) is 0 Å². The first-order valence-corrected chi connectivity index (χ1v) is 5.20. The summed E-state index contributed by atoms with van der Waals surface area (Å²) in [5.41, 5.74) is 6.70. The smallest absolute Gasteiger partial charge is 0.122 e. The van der Waals surface area contributed by atoms with Crippen molar-refractivity contribution < 1.29 is 4.74 Å². The van der Waals surface area contributed by atoms with Gasteiger partial charge < -0.3 is 10.5 Å². The average Bonchev–Trinajstić information content (AvgIpc) is 2.20. The normalized spacial score (nSPS) is 12.5. The van der Waals surface area contributed by atoms with Crippen LogP contribution >= 0.6 is 0 Å². The minimum Gasteiger partial charge on any atom is -0.490 e. The molecule has 0 saturated carbocycles. The van der Waals surface area contributed by atoms with Crippen LogP contribution in [0.2, 0.25) is 0 Å². The first-order chi connectivity index (χ1) is 6.77. The highest BCUT2D eigenvalue weighted by atomic mass is 16.5. The summed E-state index contributed by atoms with van der Waals surface area (Å²) in [6.45, 7) is 4.87. The van der Waals surface area contributed by atoms with Crippen LogP contribution < -0.4 is 10.5 Å². The van der Waals surface area contributed by atoms with Crippen LogP contribution in [0.25, 0.3) is 0 Å². The number of ether oxygens (including phenoxy) is 1. The van der Waals surface area contributed by atoms with E-state index >= 15 is 0 Å². The van der Waals surface area contributed by atoms with E-state index in [1.807, 2.05) is 18.2 Å². The SMILES string of the molecule is CCC(CCN)Oc1ccccc1C. The van der Waals surface area contributed by atoms with E-state index in [4.69, 9.17) is 10.5 Å². The molecule has 14 heavy (non-hydrogen) atoms. The van der Waals surface area contributed by atoms with Crippen LogP contribution in [-0.2, 0) is 0 Å². The van der Waals surface area contributed by atoms with Gasteiger partial charge >= 0.3 is 0 Å². The second-order valence-corrected chi connectivity index (χ2v) is 3.49. The summed E-state index contributed by atoms with van der Waals surface area (Å²) in [4.78, 5) is 0. The molecule has 0 aliphatic carbocycles. The Morgan fingerprint density at radius 2 is 2.07 bits per heavy atom. The summed E-state index contributed by atoms with van der Waals surface area (Å²) in [6.07, 6.45) is 2.18. The van der Waals surface area contributed by atoms with Crippen LogP contribution in [0, 0.1) is 6.92 Å². The van der Waals surface area contributed by atoms with E-state index < -0.39 is 0 Å².